The van der Waals surface area contributed by atoms with Gasteiger partial charge in [0.1, 0.15) is 0 Å². The maximum absolute atomic E-state index is 11.5. The number of ether oxygens (including phenoxy) is 2. The zero-order valence-electron chi connectivity index (χ0n) is 9.86. The fourth-order valence-corrected chi connectivity index (χ4v) is 1.47. The lowest BCUT2D eigenvalue weighted by atomic mass is 10.0. The number of anilines is 1. The van der Waals surface area contributed by atoms with Crippen molar-refractivity contribution in [2.45, 2.75) is 12.8 Å². The molecule has 92 valence electrons. The molecule has 0 heterocycles. The fraction of sp³-hybridized carbons (Fsp3) is 0.333. The molecule has 1 aromatic rings. The molecule has 0 spiro atoms. The second-order valence-electron chi connectivity index (χ2n) is 3.48. The van der Waals surface area contributed by atoms with E-state index in [9.17, 15) is 9.59 Å². The standard InChI is InChI=1S/C12H15NO4/c1-16-11(14)6-3-8-7-9(13)4-5-10(8)12(15)17-2/h4-5,7H,3,6,13H2,1-2H3. The quantitative estimate of drug-likeness (QED) is 0.628. The number of carbonyl (C=O) groups is 2. The fourth-order valence-electron chi connectivity index (χ4n) is 1.47. The zero-order valence-corrected chi connectivity index (χ0v) is 9.86. The molecule has 17 heavy (non-hydrogen) atoms. The molecule has 0 unspecified atom stereocenters. The summed E-state index contributed by atoms with van der Waals surface area (Å²) in [5, 5.41) is 0. The molecule has 2 N–H and O–H groups in total. The normalized spacial score (nSPS) is 9.76. The number of rotatable bonds is 4. The van der Waals surface area contributed by atoms with Crippen molar-refractivity contribution < 1.29 is 19.1 Å². The number of methoxy groups -OCH3 is 2. The van der Waals surface area contributed by atoms with Crippen LogP contribution in [0.5, 0.6) is 0 Å². The second kappa shape index (κ2) is 5.89. The van der Waals surface area contributed by atoms with Crippen LogP contribution in [-0.4, -0.2) is 26.2 Å². The lowest BCUT2D eigenvalue weighted by molar-refractivity contribution is -0.140. The van der Waals surface area contributed by atoms with Gasteiger partial charge in [0.2, 0.25) is 0 Å². The van der Waals surface area contributed by atoms with Crippen molar-refractivity contribution in [2.24, 2.45) is 0 Å². The van der Waals surface area contributed by atoms with Crippen molar-refractivity contribution in [3.05, 3.63) is 29.3 Å². The lowest BCUT2D eigenvalue weighted by Crippen LogP contribution is -2.09. The largest absolute Gasteiger partial charge is 0.469 e. The van der Waals surface area contributed by atoms with Crippen molar-refractivity contribution in [3.63, 3.8) is 0 Å². The monoisotopic (exact) mass is 237 g/mol. The first-order valence-corrected chi connectivity index (χ1v) is 5.12. The summed E-state index contributed by atoms with van der Waals surface area (Å²) in [6.45, 7) is 0. The van der Waals surface area contributed by atoms with Crippen LogP contribution < -0.4 is 5.73 Å². The smallest absolute Gasteiger partial charge is 0.338 e. The number of hydrogen-bond donors (Lipinski definition) is 1. The summed E-state index contributed by atoms with van der Waals surface area (Å²) < 4.78 is 9.20. The summed E-state index contributed by atoms with van der Waals surface area (Å²) in [6.07, 6.45) is 0.589. The SMILES string of the molecule is COC(=O)CCc1cc(N)ccc1C(=O)OC. The predicted molar refractivity (Wildman–Crippen MR) is 62.5 cm³/mol. The van der Waals surface area contributed by atoms with E-state index in [0.29, 0.717) is 23.2 Å². The number of aryl methyl sites for hydroxylation is 1. The van der Waals surface area contributed by atoms with Crippen molar-refractivity contribution in [2.75, 3.05) is 20.0 Å². The minimum Gasteiger partial charge on any atom is -0.469 e. The first-order chi connectivity index (χ1) is 8.08. The van der Waals surface area contributed by atoms with Crippen LogP contribution in [0.2, 0.25) is 0 Å². The summed E-state index contributed by atoms with van der Waals surface area (Å²) in [7, 11) is 2.63. The maximum atomic E-state index is 11.5. The van der Waals surface area contributed by atoms with Crippen LogP contribution in [0.25, 0.3) is 0 Å². The highest BCUT2D eigenvalue weighted by molar-refractivity contribution is 5.91. The maximum Gasteiger partial charge on any atom is 0.338 e. The Morgan fingerprint density at radius 2 is 1.94 bits per heavy atom. The summed E-state index contributed by atoms with van der Waals surface area (Å²) in [5.41, 5.74) is 7.28. The molecule has 0 radical (unpaired) electrons. The summed E-state index contributed by atoms with van der Waals surface area (Å²) in [5.74, 6) is -0.770. The Balaban J connectivity index is 2.91. The van der Waals surface area contributed by atoms with E-state index in [1.807, 2.05) is 0 Å². The molecule has 0 atom stereocenters. The van der Waals surface area contributed by atoms with E-state index in [1.54, 1.807) is 18.2 Å². The Morgan fingerprint density at radius 1 is 1.24 bits per heavy atom. The molecule has 0 bridgehead atoms. The van der Waals surface area contributed by atoms with E-state index in [0.717, 1.165) is 0 Å². The van der Waals surface area contributed by atoms with Crippen LogP contribution in [0.1, 0.15) is 22.3 Å². The van der Waals surface area contributed by atoms with E-state index in [-0.39, 0.29) is 12.4 Å². The summed E-state index contributed by atoms with van der Waals surface area (Å²) in [4.78, 5) is 22.5. The van der Waals surface area contributed by atoms with Gasteiger partial charge in [-0.3, -0.25) is 4.79 Å². The Morgan fingerprint density at radius 3 is 2.53 bits per heavy atom. The third kappa shape index (κ3) is 3.48. The molecule has 0 saturated carbocycles. The number of benzene rings is 1. The van der Waals surface area contributed by atoms with E-state index < -0.39 is 5.97 Å². The molecule has 1 aromatic carbocycles. The van der Waals surface area contributed by atoms with Crippen LogP contribution in [0.3, 0.4) is 0 Å². The van der Waals surface area contributed by atoms with Gasteiger partial charge in [0.05, 0.1) is 19.8 Å². The van der Waals surface area contributed by atoms with Gasteiger partial charge in [0, 0.05) is 12.1 Å². The number of esters is 2. The van der Waals surface area contributed by atoms with Gasteiger partial charge >= 0.3 is 11.9 Å². The number of carbonyl (C=O) groups excluding carboxylic acids is 2. The second-order valence-corrected chi connectivity index (χ2v) is 3.48. The lowest BCUT2D eigenvalue weighted by Gasteiger charge is -2.08. The zero-order chi connectivity index (χ0) is 12.8. The van der Waals surface area contributed by atoms with Crippen LogP contribution in [0.15, 0.2) is 18.2 Å². The number of hydrogen-bond acceptors (Lipinski definition) is 5. The van der Waals surface area contributed by atoms with Crippen molar-refractivity contribution in [3.8, 4) is 0 Å². The van der Waals surface area contributed by atoms with E-state index >= 15 is 0 Å². The highest BCUT2D eigenvalue weighted by Crippen LogP contribution is 2.16. The summed E-state index contributed by atoms with van der Waals surface area (Å²) in [6, 6.07) is 4.87. The van der Waals surface area contributed by atoms with Gasteiger partial charge in [0.15, 0.2) is 0 Å². The van der Waals surface area contributed by atoms with Crippen molar-refractivity contribution in [1.82, 2.24) is 0 Å². The predicted octanol–water partition coefficient (Wildman–Crippen LogP) is 1.16. The van der Waals surface area contributed by atoms with E-state index in [2.05, 4.69) is 9.47 Å². The number of nitrogens with two attached hydrogens (primary N) is 1. The van der Waals surface area contributed by atoms with Crippen LogP contribution in [0, 0.1) is 0 Å². The Kier molecular flexibility index (Phi) is 4.51. The first-order valence-electron chi connectivity index (χ1n) is 5.12. The minimum absolute atomic E-state index is 0.198. The van der Waals surface area contributed by atoms with Crippen LogP contribution in [-0.2, 0) is 20.7 Å². The molecular formula is C12H15NO4. The first kappa shape index (κ1) is 13.0. The van der Waals surface area contributed by atoms with Gasteiger partial charge in [-0.05, 0) is 30.2 Å². The van der Waals surface area contributed by atoms with Gasteiger partial charge in [-0.15, -0.1) is 0 Å². The van der Waals surface area contributed by atoms with Crippen LogP contribution >= 0.6 is 0 Å². The van der Waals surface area contributed by atoms with Gasteiger partial charge in [-0.1, -0.05) is 0 Å². The van der Waals surface area contributed by atoms with Crippen LogP contribution in [0.4, 0.5) is 5.69 Å². The van der Waals surface area contributed by atoms with E-state index in [1.165, 1.54) is 14.2 Å². The molecule has 0 aromatic heterocycles. The number of nitrogen functional groups attached to an aromatic ring is 1. The van der Waals surface area contributed by atoms with Gasteiger partial charge in [0.25, 0.3) is 0 Å². The average molecular weight is 237 g/mol. The average Bonchev–Trinajstić information content (AvgIpc) is 2.35. The molecule has 0 amide bonds. The van der Waals surface area contributed by atoms with E-state index in [4.69, 9.17) is 5.73 Å². The molecular weight excluding hydrogens is 222 g/mol. The third-order valence-electron chi connectivity index (χ3n) is 2.36. The molecule has 5 heteroatoms. The van der Waals surface area contributed by atoms with Gasteiger partial charge in [-0.25, -0.2) is 4.79 Å². The molecule has 0 aliphatic carbocycles. The Labute approximate surface area is 99.5 Å². The molecule has 0 fully saturated rings. The third-order valence-corrected chi connectivity index (χ3v) is 2.36. The molecule has 0 aliphatic heterocycles. The van der Waals surface area contributed by atoms with Crippen molar-refractivity contribution >= 4 is 17.6 Å². The topological polar surface area (TPSA) is 78.6 Å². The molecule has 5 nitrogen and oxygen atoms in total. The molecule has 1 rings (SSSR count). The van der Waals surface area contributed by atoms with Gasteiger partial charge in [-0.2, -0.15) is 0 Å². The Bertz CT molecular complexity index is 429. The molecule has 0 aliphatic rings. The minimum atomic E-state index is -0.440. The highest BCUT2D eigenvalue weighted by atomic mass is 16.5. The van der Waals surface area contributed by atoms with Crippen molar-refractivity contribution in [1.29, 1.82) is 0 Å². The summed E-state index contributed by atoms with van der Waals surface area (Å²) >= 11 is 0. The Hall–Kier alpha value is -2.04. The van der Waals surface area contributed by atoms with Gasteiger partial charge < -0.3 is 15.2 Å². The molecule has 0 saturated heterocycles. The highest BCUT2D eigenvalue weighted by Gasteiger charge is 2.13.